The maximum atomic E-state index is 14.0. The fourth-order valence-electron chi connectivity index (χ4n) is 5.51. The molecule has 0 saturated carbocycles. The molecule has 47 heavy (non-hydrogen) atoms. The Hall–Kier alpha value is -4.09. The third-order valence-corrected chi connectivity index (χ3v) is 10.3. The van der Waals surface area contributed by atoms with Crippen molar-refractivity contribution in [2.75, 3.05) is 16.8 Å². The van der Waals surface area contributed by atoms with Crippen molar-refractivity contribution in [2.45, 2.75) is 28.5 Å². The zero-order chi connectivity index (χ0) is 33.8. The zero-order valence-corrected chi connectivity index (χ0v) is 26.5. The molecule has 2 aliphatic rings. The van der Waals surface area contributed by atoms with E-state index in [1.54, 1.807) is 6.07 Å². The minimum Gasteiger partial charge on any atom is -0.483 e. The van der Waals surface area contributed by atoms with E-state index in [0.717, 1.165) is 59.5 Å². The van der Waals surface area contributed by atoms with Crippen molar-refractivity contribution < 1.29 is 45.5 Å². The lowest BCUT2D eigenvalue weighted by Crippen LogP contribution is -2.33. The van der Waals surface area contributed by atoms with Gasteiger partial charge in [0.15, 0.2) is 6.61 Å². The van der Waals surface area contributed by atoms with Gasteiger partial charge in [-0.25, -0.2) is 4.90 Å². The van der Waals surface area contributed by atoms with Gasteiger partial charge in [-0.2, -0.15) is 26.3 Å². The predicted octanol–water partition coefficient (Wildman–Crippen LogP) is 7.05. The summed E-state index contributed by atoms with van der Waals surface area (Å²) < 4.78 is 87.4. The van der Waals surface area contributed by atoms with E-state index < -0.39 is 75.5 Å². The Morgan fingerprint density at radius 1 is 0.936 bits per heavy atom. The molecule has 3 heterocycles. The molecule has 1 aromatic heterocycles. The average molecular weight is 759 g/mol. The van der Waals surface area contributed by atoms with Crippen LogP contribution in [-0.2, 0) is 26.7 Å². The second-order valence-electron chi connectivity index (χ2n) is 10.4. The number of benzene rings is 3. The maximum absolute atomic E-state index is 14.0. The third kappa shape index (κ3) is 6.30. The molecule has 244 valence electrons. The summed E-state index contributed by atoms with van der Waals surface area (Å²) in [4.78, 5) is 55.9. The summed E-state index contributed by atoms with van der Waals surface area (Å²) in [7, 11) is 0. The molecule has 2 N–H and O–H groups in total. The van der Waals surface area contributed by atoms with Gasteiger partial charge in [-0.05, 0) is 48.5 Å². The summed E-state index contributed by atoms with van der Waals surface area (Å²) in [6.45, 7) is -0.686. The van der Waals surface area contributed by atoms with Crippen LogP contribution in [0.15, 0.2) is 81.0 Å². The molecule has 3 atom stereocenters. The lowest BCUT2D eigenvalue weighted by Gasteiger charge is -2.31. The number of alkyl halides is 6. The molecule has 3 aromatic carbocycles. The van der Waals surface area contributed by atoms with Gasteiger partial charge in [0.1, 0.15) is 11.0 Å². The normalized spacial score (nSPS) is 19.4. The second-order valence-corrected chi connectivity index (χ2v) is 13.5. The molecule has 0 aliphatic carbocycles. The Morgan fingerprint density at radius 3 is 2.40 bits per heavy atom. The van der Waals surface area contributed by atoms with E-state index >= 15 is 0 Å². The lowest BCUT2D eigenvalue weighted by atomic mass is 9.82. The quantitative estimate of drug-likeness (QED) is 0.161. The van der Waals surface area contributed by atoms with Crippen LogP contribution in [0.4, 0.5) is 37.7 Å². The van der Waals surface area contributed by atoms with Crippen LogP contribution in [0.3, 0.4) is 0 Å². The molecule has 17 heteroatoms. The van der Waals surface area contributed by atoms with Crippen molar-refractivity contribution in [1.29, 1.82) is 0 Å². The number of amides is 3. The van der Waals surface area contributed by atoms with E-state index in [9.17, 15) is 45.5 Å². The van der Waals surface area contributed by atoms with E-state index in [4.69, 9.17) is 4.74 Å². The standard InChI is InChI=1S/C30H18BrF6N3O5S2/c31-14-8-9-19(45-12-20(41)38-15-5-3-4-13(10-15)29(32,33)34)16(11-14)21-22-24(46-25-23(21)47-28(44)39-25)27(43)40(26(22)42)18-7-2-1-6-17(18)30(35,36)37/h1-11,21-22,24H,12H2,(H,38,41)(H,39,44). The van der Waals surface area contributed by atoms with Crippen LogP contribution in [-0.4, -0.2) is 34.6 Å². The molecule has 3 amide bonds. The van der Waals surface area contributed by atoms with Gasteiger partial charge in [0.25, 0.3) is 5.91 Å². The van der Waals surface area contributed by atoms with Gasteiger partial charge in [-0.3, -0.25) is 19.2 Å². The third-order valence-electron chi connectivity index (χ3n) is 7.41. The van der Waals surface area contributed by atoms with Crippen LogP contribution < -0.4 is 19.8 Å². The molecule has 0 radical (unpaired) electrons. The topological polar surface area (TPSA) is 109 Å². The molecule has 4 aromatic rings. The van der Waals surface area contributed by atoms with Gasteiger partial charge >= 0.3 is 17.2 Å². The number of halogens is 7. The summed E-state index contributed by atoms with van der Waals surface area (Å²) in [6.07, 6.45) is -9.51. The van der Waals surface area contributed by atoms with Crippen LogP contribution in [0.1, 0.15) is 27.5 Å². The van der Waals surface area contributed by atoms with Crippen molar-refractivity contribution >= 4 is 68.1 Å². The molecule has 0 spiro atoms. The first-order valence-corrected chi connectivity index (χ1v) is 16.0. The van der Waals surface area contributed by atoms with Crippen LogP contribution >= 0.6 is 39.0 Å². The van der Waals surface area contributed by atoms with Gasteiger partial charge < -0.3 is 15.0 Å². The smallest absolute Gasteiger partial charge is 0.418 e. The van der Waals surface area contributed by atoms with Gasteiger partial charge in [0, 0.05) is 26.5 Å². The number of aromatic amines is 1. The van der Waals surface area contributed by atoms with E-state index in [-0.39, 0.29) is 22.0 Å². The number of carbonyl (C=O) groups is 3. The van der Waals surface area contributed by atoms with Crippen molar-refractivity contribution in [3.63, 3.8) is 0 Å². The lowest BCUT2D eigenvalue weighted by molar-refractivity contribution is -0.138. The predicted molar refractivity (Wildman–Crippen MR) is 164 cm³/mol. The van der Waals surface area contributed by atoms with E-state index in [2.05, 4.69) is 26.2 Å². The monoisotopic (exact) mass is 757 g/mol. The molecular weight excluding hydrogens is 740 g/mol. The zero-order valence-electron chi connectivity index (χ0n) is 23.2. The SMILES string of the molecule is O=C(COc1ccc(Br)cc1C1c2sc(=O)[nH]c2SC2C(=O)N(c3ccccc3C(F)(F)F)C(=O)C21)Nc1cccc(C(F)(F)F)c1. The number of fused-ring (bicyclic) bond motifs is 2. The number of aromatic nitrogens is 1. The molecule has 1 fully saturated rings. The van der Waals surface area contributed by atoms with E-state index in [1.165, 1.54) is 24.3 Å². The summed E-state index contributed by atoms with van der Waals surface area (Å²) >= 11 is 4.97. The van der Waals surface area contributed by atoms with Crippen molar-refractivity contribution in [1.82, 2.24) is 4.98 Å². The van der Waals surface area contributed by atoms with E-state index in [0.29, 0.717) is 14.2 Å². The van der Waals surface area contributed by atoms with Gasteiger partial charge in [-0.1, -0.05) is 57.2 Å². The summed E-state index contributed by atoms with van der Waals surface area (Å²) in [5, 5.41) is 1.36. The minimum absolute atomic E-state index is 0.0317. The highest BCUT2D eigenvalue weighted by Gasteiger charge is 2.57. The number of thioether (sulfide) groups is 1. The number of nitrogens with zero attached hydrogens (tertiary/aromatic N) is 1. The second kappa shape index (κ2) is 12.2. The largest absolute Gasteiger partial charge is 0.483 e. The Bertz CT molecular complexity index is 1980. The van der Waals surface area contributed by atoms with Crippen molar-refractivity contribution in [3.8, 4) is 5.75 Å². The number of thiazole rings is 1. The number of nitrogens with one attached hydrogen (secondary N) is 2. The number of carbonyl (C=O) groups excluding carboxylic acids is 3. The van der Waals surface area contributed by atoms with Crippen molar-refractivity contribution in [3.05, 3.63) is 102 Å². The van der Waals surface area contributed by atoms with Gasteiger partial charge in [0.2, 0.25) is 11.8 Å². The molecular formula is C30H18BrF6N3O5S2. The number of para-hydroxylation sites is 1. The fourth-order valence-corrected chi connectivity index (χ4v) is 8.39. The first-order valence-electron chi connectivity index (χ1n) is 13.5. The van der Waals surface area contributed by atoms with E-state index in [1.807, 2.05) is 0 Å². The summed E-state index contributed by atoms with van der Waals surface area (Å²) in [5.41, 5.74) is -2.67. The highest BCUT2D eigenvalue weighted by Crippen LogP contribution is 2.55. The molecule has 1 saturated heterocycles. The number of hydrogen-bond acceptors (Lipinski definition) is 7. The first kappa shape index (κ1) is 32.8. The molecule has 8 nitrogen and oxygen atoms in total. The molecule has 6 rings (SSSR count). The van der Waals surface area contributed by atoms with Gasteiger partial charge in [-0.15, -0.1) is 0 Å². The number of H-pyrrole nitrogens is 1. The fraction of sp³-hybridized carbons (Fsp3) is 0.200. The average Bonchev–Trinajstić information content (AvgIpc) is 3.49. The van der Waals surface area contributed by atoms with Crippen LogP contribution in [0.2, 0.25) is 0 Å². The van der Waals surface area contributed by atoms with Crippen LogP contribution in [0.5, 0.6) is 5.75 Å². The first-order chi connectivity index (χ1) is 22.1. The Balaban J connectivity index is 1.35. The van der Waals surface area contributed by atoms with Crippen LogP contribution in [0, 0.1) is 5.92 Å². The molecule has 0 bridgehead atoms. The highest BCUT2D eigenvalue weighted by atomic mass is 79.9. The number of hydrogen-bond donors (Lipinski definition) is 2. The Morgan fingerprint density at radius 2 is 1.68 bits per heavy atom. The number of anilines is 2. The molecule has 3 unspecified atom stereocenters. The Labute approximate surface area is 277 Å². The minimum atomic E-state index is -4.87. The number of imide groups is 1. The van der Waals surface area contributed by atoms with Gasteiger partial charge in [0.05, 0.1) is 27.8 Å². The summed E-state index contributed by atoms with van der Waals surface area (Å²) in [6, 6.07) is 12.7. The summed E-state index contributed by atoms with van der Waals surface area (Å²) in [5.74, 6) is -4.95. The van der Waals surface area contributed by atoms with Crippen molar-refractivity contribution in [2.24, 2.45) is 5.92 Å². The number of ether oxygens (including phenoxy) is 1. The maximum Gasteiger partial charge on any atom is 0.418 e. The van der Waals surface area contributed by atoms with Crippen LogP contribution in [0.25, 0.3) is 0 Å². The number of rotatable bonds is 6. The molecule has 2 aliphatic heterocycles. The Kier molecular flexibility index (Phi) is 8.50. The highest BCUT2D eigenvalue weighted by molar-refractivity contribution is 9.10.